The van der Waals surface area contributed by atoms with E-state index in [1.165, 1.54) is 0 Å². The van der Waals surface area contributed by atoms with Crippen molar-refractivity contribution in [1.29, 1.82) is 0 Å². The minimum absolute atomic E-state index is 0.153. The molecule has 0 radical (unpaired) electrons. The number of likely N-dealkylation sites (tertiary alicyclic amines) is 1. The van der Waals surface area contributed by atoms with E-state index < -0.39 is 0 Å². The van der Waals surface area contributed by atoms with Crippen molar-refractivity contribution >= 4 is 22.8 Å². The van der Waals surface area contributed by atoms with Crippen LogP contribution >= 0.6 is 11.8 Å². The number of hydrogen-bond acceptors (Lipinski definition) is 7. The van der Waals surface area contributed by atoms with Gasteiger partial charge in [-0.2, -0.15) is 0 Å². The molecular weight excluding hydrogens is 352 g/mol. The van der Waals surface area contributed by atoms with E-state index in [-0.39, 0.29) is 18.4 Å². The minimum atomic E-state index is 0.153. The standard InChI is InChI=1S/C18H28N4O3S/c23-12-15-11-21(10-14(15)9-20-4-6-25-7-5-20)17(24)8-16-13-26-18-19-2-1-3-22(16)18/h13-15,23H,1-12H2/t14-,15-/m0/s1. The molecule has 4 heterocycles. The topological polar surface area (TPSA) is 68.6 Å². The first-order valence-electron chi connectivity index (χ1n) is 9.61. The van der Waals surface area contributed by atoms with Gasteiger partial charge in [0.1, 0.15) is 0 Å². The summed E-state index contributed by atoms with van der Waals surface area (Å²) in [6.07, 6.45) is 1.49. The van der Waals surface area contributed by atoms with Crippen LogP contribution in [-0.4, -0.2) is 96.5 Å². The van der Waals surface area contributed by atoms with Crippen molar-refractivity contribution < 1.29 is 14.6 Å². The number of hydrogen-bond donors (Lipinski definition) is 1. The second-order valence-electron chi connectivity index (χ2n) is 7.49. The first-order chi connectivity index (χ1) is 12.7. The fourth-order valence-corrected chi connectivity index (χ4v) is 5.17. The minimum Gasteiger partial charge on any atom is -0.396 e. The Morgan fingerprint density at radius 2 is 2.08 bits per heavy atom. The summed E-state index contributed by atoms with van der Waals surface area (Å²) in [5.74, 6) is 0.702. The number of aliphatic hydroxyl groups is 1. The number of morpholine rings is 1. The van der Waals surface area contributed by atoms with Crippen LogP contribution in [0.5, 0.6) is 0 Å². The predicted molar refractivity (Wildman–Crippen MR) is 102 cm³/mol. The third kappa shape index (κ3) is 3.93. The first kappa shape index (κ1) is 18.3. The molecule has 2 fully saturated rings. The molecule has 4 aliphatic rings. The number of aliphatic hydroxyl groups excluding tert-OH is 1. The van der Waals surface area contributed by atoms with Crippen molar-refractivity contribution in [2.24, 2.45) is 16.8 Å². The van der Waals surface area contributed by atoms with Crippen LogP contribution in [0.4, 0.5) is 0 Å². The number of rotatable bonds is 5. The molecule has 8 heteroatoms. The summed E-state index contributed by atoms with van der Waals surface area (Å²) in [6, 6.07) is 0. The van der Waals surface area contributed by atoms with Crippen LogP contribution < -0.4 is 0 Å². The Morgan fingerprint density at radius 1 is 1.27 bits per heavy atom. The molecule has 0 spiro atoms. The number of nitrogens with zero attached hydrogens (tertiary/aromatic N) is 4. The molecule has 2 saturated heterocycles. The van der Waals surface area contributed by atoms with Crippen LogP contribution in [0.3, 0.4) is 0 Å². The van der Waals surface area contributed by atoms with Crippen molar-refractivity contribution in [2.45, 2.75) is 12.8 Å². The Morgan fingerprint density at radius 3 is 2.88 bits per heavy atom. The third-order valence-corrected chi connectivity index (χ3v) is 6.71. The predicted octanol–water partition coefficient (Wildman–Crippen LogP) is 0.426. The van der Waals surface area contributed by atoms with Crippen LogP contribution in [0.2, 0.25) is 0 Å². The molecule has 4 aliphatic heterocycles. The molecule has 144 valence electrons. The van der Waals surface area contributed by atoms with Crippen molar-refractivity contribution in [3.8, 4) is 0 Å². The van der Waals surface area contributed by atoms with E-state index in [2.05, 4.69) is 20.2 Å². The molecule has 7 nitrogen and oxygen atoms in total. The Kier molecular flexibility index (Phi) is 5.83. The van der Waals surface area contributed by atoms with Gasteiger partial charge < -0.3 is 19.6 Å². The van der Waals surface area contributed by atoms with Gasteiger partial charge in [0.25, 0.3) is 0 Å². The number of amidine groups is 1. The SMILES string of the molecule is O=C(CC1=CSC2=NCCCN12)N1C[C@@H](CO)[C@@H](CN2CCOCC2)C1. The molecule has 0 aromatic carbocycles. The monoisotopic (exact) mass is 380 g/mol. The van der Waals surface area contributed by atoms with Gasteiger partial charge in [0.2, 0.25) is 5.91 Å². The Labute approximate surface area is 159 Å². The molecular formula is C18H28N4O3S. The average Bonchev–Trinajstić information content (AvgIpc) is 3.27. The lowest BCUT2D eigenvalue weighted by molar-refractivity contribution is -0.129. The number of thioether (sulfide) groups is 1. The Hall–Kier alpha value is -1.09. The summed E-state index contributed by atoms with van der Waals surface area (Å²) in [5, 5.41) is 12.9. The number of fused-ring (bicyclic) bond motifs is 1. The number of carbonyl (C=O) groups is 1. The quantitative estimate of drug-likeness (QED) is 0.746. The van der Waals surface area contributed by atoms with Gasteiger partial charge in [0.05, 0.1) is 19.6 Å². The zero-order chi connectivity index (χ0) is 17.9. The fourth-order valence-electron chi connectivity index (χ4n) is 4.21. The normalized spacial score (nSPS) is 29.6. The zero-order valence-electron chi connectivity index (χ0n) is 15.2. The molecule has 0 aliphatic carbocycles. The van der Waals surface area contributed by atoms with E-state index in [0.29, 0.717) is 18.9 Å². The van der Waals surface area contributed by atoms with E-state index in [9.17, 15) is 9.90 Å². The Bertz CT molecular complexity index is 591. The van der Waals surface area contributed by atoms with Crippen LogP contribution in [0.25, 0.3) is 0 Å². The van der Waals surface area contributed by atoms with Gasteiger partial charge >= 0.3 is 0 Å². The highest BCUT2D eigenvalue weighted by atomic mass is 32.2. The van der Waals surface area contributed by atoms with Gasteiger partial charge in [-0.15, -0.1) is 0 Å². The lowest BCUT2D eigenvalue weighted by Crippen LogP contribution is -2.41. The highest BCUT2D eigenvalue weighted by molar-refractivity contribution is 8.16. The van der Waals surface area contributed by atoms with E-state index in [0.717, 1.165) is 69.8 Å². The summed E-state index contributed by atoms with van der Waals surface area (Å²) in [6.45, 7) is 7.84. The van der Waals surface area contributed by atoms with E-state index in [1.807, 2.05) is 4.90 Å². The summed E-state index contributed by atoms with van der Waals surface area (Å²) in [5.41, 5.74) is 1.08. The van der Waals surface area contributed by atoms with Gasteiger partial charge in [-0.05, 0) is 17.7 Å². The zero-order valence-corrected chi connectivity index (χ0v) is 16.0. The average molecular weight is 381 g/mol. The molecule has 1 N–H and O–H groups in total. The maximum absolute atomic E-state index is 12.9. The maximum atomic E-state index is 12.9. The molecule has 0 bridgehead atoms. The molecule has 0 unspecified atom stereocenters. The van der Waals surface area contributed by atoms with Crippen LogP contribution in [0.1, 0.15) is 12.8 Å². The molecule has 26 heavy (non-hydrogen) atoms. The summed E-state index contributed by atoms with van der Waals surface area (Å²) in [7, 11) is 0. The maximum Gasteiger partial charge on any atom is 0.228 e. The van der Waals surface area contributed by atoms with Gasteiger partial charge in [-0.3, -0.25) is 14.7 Å². The number of aliphatic imine (C=N–C) groups is 1. The molecule has 1 amide bonds. The van der Waals surface area contributed by atoms with Crippen molar-refractivity contribution in [3.05, 3.63) is 11.1 Å². The molecule has 0 aromatic heterocycles. The lowest BCUT2D eigenvalue weighted by atomic mass is 9.96. The van der Waals surface area contributed by atoms with Crippen LogP contribution in [0, 0.1) is 11.8 Å². The second-order valence-corrected chi connectivity index (χ2v) is 8.32. The van der Waals surface area contributed by atoms with Crippen molar-refractivity contribution in [3.63, 3.8) is 0 Å². The van der Waals surface area contributed by atoms with E-state index in [4.69, 9.17) is 4.74 Å². The molecule has 4 rings (SSSR count). The van der Waals surface area contributed by atoms with Crippen LogP contribution in [0.15, 0.2) is 16.1 Å². The summed E-state index contributed by atoms with van der Waals surface area (Å²) >= 11 is 1.63. The van der Waals surface area contributed by atoms with Crippen LogP contribution in [-0.2, 0) is 9.53 Å². The third-order valence-electron chi connectivity index (χ3n) is 5.76. The molecule has 0 aromatic rings. The number of ether oxygens (including phenoxy) is 1. The summed E-state index contributed by atoms with van der Waals surface area (Å²) in [4.78, 5) is 23.9. The van der Waals surface area contributed by atoms with Gasteiger partial charge in [0, 0.05) is 64.0 Å². The highest BCUT2D eigenvalue weighted by Crippen LogP contribution is 2.32. The van der Waals surface area contributed by atoms with Gasteiger partial charge in [-0.1, -0.05) is 11.8 Å². The summed E-state index contributed by atoms with van der Waals surface area (Å²) < 4.78 is 5.42. The number of carbonyl (C=O) groups excluding carboxylic acids is 1. The van der Waals surface area contributed by atoms with Crippen molar-refractivity contribution in [2.75, 3.05) is 65.6 Å². The van der Waals surface area contributed by atoms with Gasteiger partial charge in [0.15, 0.2) is 5.17 Å². The van der Waals surface area contributed by atoms with E-state index >= 15 is 0 Å². The first-order valence-corrected chi connectivity index (χ1v) is 10.5. The highest BCUT2D eigenvalue weighted by Gasteiger charge is 2.37. The Balaban J connectivity index is 1.33. The smallest absolute Gasteiger partial charge is 0.228 e. The van der Waals surface area contributed by atoms with Crippen molar-refractivity contribution in [1.82, 2.24) is 14.7 Å². The second kappa shape index (κ2) is 8.29. The fraction of sp³-hybridized carbons (Fsp3) is 0.778. The number of amides is 1. The van der Waals surface area contributed by atoms with Gasteiger partial charge in [-0.25, -0.2) is 0 Å². The largest absolute Gasteiger partial charge is 0.396 e. The lowest BCUT2D eigenvalue weighted by Gasteiger charge is -2.30. The molecule has 2 atom stereocenters. The van der Waals surface area contributed by atoms with E-state index in [1.54, 1.807) is 11.8 Å². The molecule has 0 saturated carbocycles.